The van der Waals surface area contributed by atoms with Crippen molar-refractivity contribution in [2.24, 2.45) is 0 Å². The number of ether oxygens (including phenoxy) is 2. The number of anilines is 2. The molecule has 1 unspecified atom stereocenters. The molecule has 1 aromatic heterocycles. The van der Waals surface area contributed by atoms with Crippen LogP contribution in [0.25, 0.3) is 0 Å². The number of nitrogens with zero attached hydrogens (tertiary/aromatic N) is 5. The van der Waals surface area contributed by atoms with Gasteiger partial charge in [0.1, 0.15) is 5.69 Å². The molecule has 9 heteroatoms. The van der Waals surface area contributed by atoms with Crippen LogP contribution >= 0.6 is 11.6 Å². The fraction of sp³-hybridized carbons (Fsp3) is 0.500. The number of benzene rings is 2. The van der Waals surface area contributed by atoms with Crippen LogP contribution in [0.5, 0.6) is 0 Å². The van der Waals surface area contributed by atoms with Crippen LogP contribution in [0, 0.1) is 0 Å². The number of para-hydroxylation sites is 2. The second-order valence-corrected chi connectivity index (χ2v) is 12.2. The number of piperazine rings is 2. The third-order valence-electron chi connectivity index (χ3n) is 8.82. The Labute approximate surface area is 260 Å². The number of carbonyl (C=O) groups excluding carboxylic acids is 1. The molecule has 43 heavy (non-hydrogen) atoms. The zero-order valence-electron chi connectivity index (χ0n) is 25.1. The predicted octanol–water partition coefficient (Wildman–Crippen LogP) is 5.36. The fourth-order valence-corrected chi connectivity index (χ4v) is 6.65. The zero-order chi connectivity index (χ0) is 29.4. The smallest absolute Gasteiger partial charge is 0.270 e. The van der Waals surface area contributed by atoms with Crippen molar-refractivity contribution in [3.63, 3.8) is 0 Å². The molecule has 8 nitrogen and oxygen atoms in total. The van der Waals surface area contributed by atoms with Gasteiger partial charge in [-0.1, -0.05) is 41.9 Å². The lowest BCUT2D eigenvalue weighted by molar-refractivity contribution is -0.163. The summed E-state index contributed by atoms with van der Waals surface area (Å²) in [6.07, 6.45) is 6.19. The van der Waals surface area contributed by atoms with Crippen LogP contribution in [-0.2, 0) is 22.6 Å². The summed E-state index contributed by atoms with van der Waals surface area (Å²) in [4.78, 5) is 23.1. The summed E-state index contributed by atoms with van der Waals surface area (Å²) >= 11 is 6.46. The van der Waals surface area contributed by atoms with Crippen LogP contribution in [0.4, 0.5) is 11.4 Å². The maximum absolute atomic E-state index is 13.9. The highest BCUT2D eigenvalue weighted by atomic mass is 35.5. The highest BCUT2D eigenvalue weighted by Crippen LogP contribution is 2.27. The monoisotopic (exact) mass is 605 g/mol. The van der Waals surface area contributed by atoms with Crippen molar-refractivity contribution in [2.75, 3.05) is 75.4 Å². The molecule has 0 bridgehead atoms. The van der Waals surface area contributed by atoms with Gasteiger partial charge in [-0.25, -0.2) is 0 Å². The molecular weight excluding hydrogens is 562 g/mol. The van der Waals surface area contributed by atoms with E-state index >= 15 is 0 Å². The minimum atomic E-state index is -0.0829. The Kier molecular flexibility index (Phi) is 10.2. The third-order valence-corrected chi connectivity index (χ3v) is 9.14. The molecule has 4 heterocycles. The van der Waals surface area contributed by atoms with Crippen molar-refractivity contribution in [3.8, 4) is 0 Å². The molecule has 3 aliphatic heterocycles. The largest absolute Gasteiger partial charge is 0.368 e. The lowest BCUT2D eigenvalue weighted by Crippen LogP contribution is -2.49. The molecule has 0 spiro atoms. The Hall–Kier alpha value is -3.04. The van der Waals surface area contributed by atoms with Crippen molar-refractivity contribution in [3.05, 3.63) is 83.1 Å². The van der Waals surface area contributed by atoms with Gasteiger partial charge in [-0.2, -0.15) is 0 Å². The van der Waals surface area contributed by atoms with Gasteiger partial charge in [0.25, 0.3) is 5.91 Å². The van der Waals surface area contributed by atoms with Crippen molar-refractivity contribution in [1.29, 1.82) is 0 Å². The number of hydrogen-bond donors (Lipinski definition) is 0. The number of carbonyl (C=O) groups is 1. The molecular formula is C34H44ClN5O3. The highest BCUT2D eigenvalue weighted by molar-refractivity contribution is 6.33. The van der Waals surface area contributed by atoms with Crippen LogP contribution in [0.1, 0.15) is 41.7 Å². The van der Waals surface area contributed by atoms with Crippen LogP contribution in [-0.4, -0.2) is 92.1 Å². The lowest BCUT2D eigenvalue weighted by atomic mass is 10.2. The Morgan fingerprint density at radius 1 is 0.884 bits per heavy atom. The molecule has 0 saturated carbocycles. The molecule has 1 atom stereocenters. The maximum Gasteiger partial charge on any atom is 0.270 e. The second-order valence-electron chi connectivity index (χ2n) is 11.8. The van der Waals surface area contributed by atoms with E-state index < -0.39 is 0 Å². The Morgan fingerprint density at radius 3 is 2.37 bits per heavy atom. The first-order valence-electron chi connectivity index (χ1n) is 15.9. The van der Waals surface area contributed by atoms with Crippen LogP contribution in [0.3, 0.4) is 0 Å². The first-order valence-corrected chi connectivity index (χ1v) is 16.3. The van der Waals surface area contributed by atoms with Gasteiger partial charge in [-0.3, -0.25) is 9.69 Å². The van der Waals surface area contributed by atoms with Gasteiger partial charge in [-0.05, 0) is 61.6 Å². The molecule has 1 amide bonds. The van der Waals surface area contributed by atoms with Gasteiger partial charge < -0.3 is 28.7 Å². The van der Waals surface area contributed by atoms with E-state index in [9.17, 15) is 4.79 Å². The Morgan fingerprint density at radius 2 is 1.63 bits per heavy atom. The van der Waals surface area contributed by atoms with Gasteiger partial charge in [0.05, 0.1) is 17.3 Å². The summed E-state index contributed by atoms with van der Waals surface area (Å²) in [7, 11) is 0. The van der Waals surface area contributed by atoms with Gasteiger partial charge in [0.2, 0.25) is 0 Å². The predicted molar refractivity (Wildman–Crippen MR) is 172 cm³/mol. The second kappa shape index (κ2) is 14.6. The van der Waals surface area contributed by atoms with E-state index in [2.05, 4.69) is 61.9 Å². The van der Waals surface area contributed by atoms with Gasteiger partial charge >= 0.3 is 0 Å². The molecule has 3 fully saturated rings. The average Bonchev–Trinajstić information content (AvgIpc) is 3.46. The Bertz CT molecular complexity index is 1310. The molecule has 0 aliphatic carbocycles. The van der Waals surface area contributed by atoms with E-state index in [0.29, 0.717) is 6.61 Å². The van der Waals surface area contributed by atoms with Crippen molar-refractivity contribution < 1.29 is 14.3 Å². The van der Waals surface area contributed by atoms with E-state index in [1.807, 2.05) is 29.2 Å². The standard InChI is InChI=1S/C34H44ClN5O3/c35-30-11-4-5-12-31(30)38-17-15-36(16-18-38)26-28-25-32(40(27-28)14-8-24-43-33-13-6-7-23-42-33)34(41)39-21-19-37(20-22-39)29-9-2-1-3-10-29/h1-5,9-12,25,27,33H,6-8,13-24,26H2. The minimum absolute atomic E-state index is 0.0829. The van der Waals surface area contributed by atoms with Crippen molar-refractivity contribution in [2.45, 2.75) is 45.1 Å². The average molecular weight is 606 g/mol. The topological polar surface area (TPSA) is 53.4 Å². The number of halogens is 1. The Balaban J connectivity index is 1.08. The first kappa shape index (κ1) is 30.0. The molecule has 0 radical (unpaired) electrons. The molecule has 230 valence electrons. The molecule has 0 N–H and O–H groups in total. The SMILES string of the molecule is O=C(c1cc(CN2CCN(c3ccccc3Cl)CC2)cn1CCCOC1CCCCO1)N1CCN(c2ccccc2)CC1. The highest BCUT2D eigenvalue weighted by Gasteiger charge is 2.26. The zero-order valence-corrected chi connectivity index (χ0v) is 25.8. The lowest BCUT2D eigenvalue weighted by Gasteiger charge is -2.36. The van der Waals surface area contributed by atoms with Gasteiger partial charge in [0, 0.05) is 83.9 Å². The molecule has 3 aliphatic rings. The molecule has 2 aromatic carbocycles. The van der Waals surface area contributed by atoms with Crippen LogP contribution < -0.4 is 9.80 Å². The number of rotatable bonds is 10. The van der Waals surface area contributed by atoms with E-state index in [0.717, 1.165) is 114 Å². The molecule has 3 aromatic rings. The normalized spacial score (nSPS) is 20.0. The summed E-state index contributed by atoms with van der Waals surface area (Å²) in [6, 6.07) is 20.7. The fourth-order valence-electron chi connectivity index (χ4n) is 6.40. The summed E-state index contributed by atoms with van der Waals surface area (Å²) in [6.45, 7) is 9.90. The third kappa shape index (κ3) is 7.73. The van der Waals surface area contributed by atoms with Gasteiger partial charge in [0.15, 0.2) is 6.29 Å². The van der Waals surface area contributed by atoms with Gasteiger partial charge in [-0.15, -0.1) is 0 Å². The number of hydrogen-bond acceptors (Lipinski definition) is 6. The van der Waals surface area contributed by atoms with E-state index in [4.69, 9.17) is 21.1 Å². The summed E-state index contributed by atoms with van der Waals surface area (Å²) in [5, 5.41) is 0.805. The quantitative estimate of drug-likeness (QED) is 0.290. The minimum Gasteiger partial charge on any atom is -0.368 e. The number of amides is 1. The van der Waals surface area contributed by atoms with Crippen molar-refractivity contribution in [1.82, 2.24) is 14.4 Å². The number of aromatic nitrogens is 1. The van der Waals surface area contributed by atoms with E-state index in [1.54, 1.807) is 0 Å². The van der Waals surface area contributed by atoms with E-state index in [-0.39, 0.29) is 12.2 Å². The first-order chi connectivity index (χ1) is 21.1. The summed E-state index contributed by atoms with van der Waals surface area (Å²) < 4.78 is 13.9. The van der Waals surface area contributed by atoms with Crippen molar-refractivity contribution >= 4 is 28.9 Å². The number of aryl methyl sites for hydroxylation is 1. The summed E-state index contributed by atoms with van der Waals surface area (Å²) in [5.74, 6) is 0.124. The molecule has 6 rings (SSSR count). The maximum atomic E-state index is 13.9. The van der Waals surface area contributed by atoms with E-state index in [1.165, 1.54) is 11.3 Å². The molecule has 3 saturated heterocycles. The summed E-state index contributed by atoms with van der Waals surface area (Å²) in [5.41, 5.74) is 4.30. The van der Waals surface area contributed by atoms with Crippen LogP contribution in [0.2, 0.25) is 5.02 Å². The van der Waals surface area contributed by atoms with Crippen LogP contribution in [0.15, 0.2) is 66.9 Å².